The average molecular weight is 265 g/mol. The van der Waals surface area contributed by atoms with Crippen LogP contribution in [0.4, 0.5) is 10.1 Å². The lowest BCUT2D eigenvalue weighted by molar-refractivity contribution is 0.0925. The Balaban J connectivity index is 2.06. The molecule has 1 heterocycles. The summed E-state index contributed by atoms with van der Waals surface area (Å²) in [4.78, 5) is 13.8. The third kappa shape index (κ3) is 3.44. The van der Waals surface area contributed by atoms with Crippen LogP contribution in [0.1, 0.15) is 23.2 Å². The highest BCUT2D eigenvalue weighted by molar-refractivity contribution is 5.95. The van der Waals surface area contributed by atoms with Crippen molar-refractivity contribution in [1.82, 2.24) is 10.6 Å². The van der Waals surface area contributed by atoms with E-state index in [1.54, 1.807) is 17.0 Å². The minimum absolute atomic E-state index is 0.115. The molecule has 19 heavy (non-hydrogen) atoms. The zero-order valence-corrected chi connectivity index (χ0v) is 11.4. The predicted molar refractivity (Wildman–Crippen MR) is 74.1 cm³/mol. The molecular formula is C14H20FN3O. The van der Waals surface area contributed by atoms with Gasteiger partial charge in [0.15, 0.2) is 0 Å². The average Bonchev–Trinajstić information content (AvgIpc) is 2.39. The van der Waals surface area contributed by atoms with E-state index in [0.717, 1.165) is 31.6 Å². The van der Waals surface area contributed by atoms with Crippen molar-refractivity contribution in [2.45, 2.75) is 18.9 Å². The van der Waals surface area contributed by atoms with Gasteiger partial charge in [0, 0.05) is 25.8 Å². The molecule has 2 rings (SSSR count). The van der Waals surface area contributed by atoms with Crippen LogP contribution in [0, 0.1) is 5.82 Å². The summed E-state index contributed by atoms with van der Waals surface area (Å²) >= 11 is 0. The molecule has 4 nitrogen and oxygen atoms in total. The predicted octanol–water partition coefficient (Wildman–Crippen LogP) is 1.37. The van der Waals surface area contributed by atoms with E-state index < -0.39 is 5.82 Å². The lowest BCUT2D eigenvalue weighted by Gasteiger charge is -2.23. The van der Waals surface area contributed by atoms with Crippen molar-refractivity contribution < 1.29 is 9.18 Å². The number of hydrogen-bond acceptors (Lipinski definition) is 3. The number of nitrogens with zero attached hydrogens (tertiary/aromatic N) is 1. The third-order valence-corrected chi connectivity index (χ3v) is 3.39. The van der Waals surface area contributed by atoms with Crippen molar-refractivity contribution in [2.75, 3.05) is 32.1 Å². The minimum atomic E-state index is -0.474. The van der Waals surface area contributed by atoms with Gasteiger partial charge in [0.25, 0.3) is 5.91 Å². The molecule has 2 N–H and O–H groups in total. The Kier molecular flexibility index (Phi) is 4.37. The number of carbonyl (C=O) groups is 1. The van der Waals surface area contributed by atoms with Crippen molar-refractivity contribution in [3.8, 4) is 0 Å². The maximum atomic E-state index is 13.9. The summed E-state index contributed by atoms with van der Waals surface area (Å²) in [7, 11) is 3.67. The molecule has 0 saturated carbocycles. The standard InChI is InChI=1S/C14H20FN3O/c1-18(2)11-3-4-12(13(15)9-11)14(19)17-10-5-7-16-8-6-10/h3-4,9-10,16H,5-8H2,1-2H3,(H,17,19). The number of carbonyl (C=O) groups excluding carboxylic acids is 1. The van der Waals surface area contributed by atoms with Crippen LogP contribution in [0.5, 0.6) is 0 Å². The molecule has 0 atom stereocenters. The molecule has 1 fully saturated rings. The van der Waals surface area contributed by atoms with Gasteiger partial charge < -0.3 is 15.5 Å². The van der Waals surface area contributed by atoms with Gasteiger partial charge in [0.2, 0.25) is 0 Å². The molecule has 0 aromatic heterocycles. The molecule has 1 aromatic rings. The molecule has 0 spiro atoms. The summed E-state index contributed by atoms with van der Waals surface area (Å²) in [5, 5.41) is 6.12. The van der Waals surface area contributed by atoms with Gasteiger partial charge in [-0.1, -0.05) is 0 Å². The molecule has 1 saturated heterocycles. The summed E-state index contributed by atoms with van der Waals surface area (Å²) in [6, 6.07) is 4.82. The van der Waals surface area contributed by atoms with E-state index >= 15 is 0 Å². The van der Waals surface area contributed by atoms with Gasteiger partial charge in [-0.15, -0.1) is 0 Å². The van der Waals surface area contributed by atoms with E-state index in [0.29, 0.717) is 0 Å². The molecular weight excluding hydrogens is 245 g/mol. The first-order chi connectivity index (χ1) is 9.08. The van der Waals surface area contributed by atoms with Crippen LogP contribution in [-0.4, -0.2) is 39.1 Å². The number of nitrogens with one attached hydrogen (secondary N) is 2. The van der Waals surface area contributed by atoms with Gasteiger partial charge in [-0.25, -0.2) is 4.39 Å². The Morgan fingerprint density at radius 3 is 2.63 bits per heavy atom. The number of halogens is 1. The van der Waals surface area contributed by atoms with E-state index in [2.05, 4.69) is 10.6 Å². The highest BCUT2D eigenvalue weighted by Gasteiger charge is 2.18. The van der Waals surface area contributed by atoms with Crippen LogP contribution in [0.25, 0.3) is 0 Å². The molecule has 1 aromatic carbocycles. The Labute approximate surface area is 113 Å². The number of anilines is 1. The van der Waals surface area contributed by atoms with Gasteiger partial charge in [0.05, 0.1) is 5.56 Å². The van der Waals surface area contributed by atoms with Gasteiger partial charge in [-0.05, 0) is 44.1 Å². The van der Waals surface area contributed by atoms with Crippen LogP contribution in [-0.2, 0) is 0 Å². The Morgan fingerprint density at radius 1 is 1.37 bits per heavy atom. The topological polar surface area (TPSA) is 44.4 Å². The molecule has 0 aliphatic carbocycles. The molecule has 0 unspecified atom stereocenters. The largest absolute Gasteiger partial charge is 0.378 e. The van der Waals surface area contributed by atoms with Crippen molar-refractivity contribution >= 4 is 11.6 Å². The van der Waals surface area contributed by atoms with E-state index in [1.807, 2.05) is 14.1 Å². The molecule has 0 radical (unpaired) electrons. The second-order valence-electron chi connectivity index (χ2n) is 5.06. The van der Waals surface area contributed by atoms with E-state index in [4.69, 9.17) is 0 Å². The monoisotopic (exact) mass is 265 g/mol. The quantitative estimate of drug-likeness (QED) is 0.867. The van der Waals surface area contributed by atoms with Crippen LogP contribution < -0.4 is 15.5 Å². The second kappa shape index (κ2) is 6.02. The normalized spacial score (nSPS) is 16.2. The summed E-state index contributed by atoms with van der Waals surface area (Å²) in [5.74, 6) is -0.799. The molecule has 104 valence electrons. The molecule has 1 amide bonds. The van der Waals surface area contributed by atoms with Crippen molar-refractivity contribution in [2.24, 2.45) is 0 Å². The molecule has 5 heteroatoms. The minimum Gasteiger partial charge on any atom is -0.378 e. The van der Waals surface area contributed by atoms with Crippen LogP contribution in [0.2, 0.25) is 0 Å². The first kappa shape index (κ1) is 13.8. The van der Waals surface area contributed by atoms with Crippen molar-refractivity contribution in [3.05, 3.63) is 29.6 Å². The Hall–Kier alpha value is -1.62. The Bertz CT molecular complexity index is 456. The number of piperidine rings is 1. The van der Waals surface area contributed by atoms with Gasteiger partial charge in [-0.2, -0.15) is 0 Å². The number of hydrogen-bond donors (Lipinski definition) is 2. The van der Waals surface area contributed by atoms with Crippen molar-refractivity contribution in [3.63, 3.8) is 0 Å². The summed E-state index contributed by atoms with van der Waals surface area (Å²) in [6.07, 6.45) is 1.78. The van der Waals surface area contributed by atoms with Gasteiger partial charge >= 0.3 is 0 Å². The maximum absolute atomic E-state index is 13.9. The second-order valence-corrected chi connectivity index (χ2v) is 5.06. The zero-order valence-electron chi connectivity index (χ0n) is 11.4. The van der Waals surface area contributed by atoms with E-state index in [-0.39, 0.29) is 17.5 Å². The SMILES string of the molecule is CN(C)c1ccc(C(=O)NC2CCNCC2)c(F)c1. The summed E-state index contributed by atoms with van der Waals surface area (Å²) in [6.45, 7) is 1.79. The van der Waals surface area contributed by atoms with E-state index in [9.17, 15) is 9.18 Å². The summed E-state index contributed by atoms with van der Waals surface area (Å²) < 4.78 is 13.9. The highest BCUT2D eigenvalue weighted by Crippen LogP contribution is 2.17. The third-order valence-electron chi connectivity index (χ3n) is 3.39. The fourth-order valence-electron chi connectivity index (χ4n) is 2.20. The number of amides is 1. The fourth-order valence-corrected chi connectivity index (χ4v) is 2.20. The summed E-state index contributed by atoms with van der Waals surface area (Å²) in [5.41, 5.74) is 0.861. The van der Waals surface area contributed by atoms with Gasteiger partial charge in [0.1, 0.15) is 5.82 Å². The molecule has 1 aliphatic rings. The maximum Gasteiger partial charge on any atom is 0.254 e. The number of rotatable bonds is 3. The lowest BCUT2D eigenvalue weighted by atomic mass is 10.1. The first-order valence-corrected chi connectivity index (χ1v) is 6.56. The van der Waals surface area contributed by atoms with Crippen LogP contribution >= 0.6 is 0 Å². The Morgan fingerprint density at radius 2 is 2.05 bits per heavy atom. The van der Waals surface area contributed by atoms with Crippen LogP contribution in [0.3, 0.4) is 0 Å². The van der Waals surface area contributed by atoms with Crippen molar-refractivity contribution in [1.29, 1.82) is 0 Å². The van der Waals surface area contributed by atoms with Crippen LogP contribution in [0.15, 0.2) is 18.2 Å². The molecule has 0 bridgehead atoms. The van der Waals surface area contributed by atoms with E-state index in [1.165, 1.54) is 6.07 Å². The zero-order chi connectivity index (χ0) is 13.8. The number of benzene rings is 1. The fraction of sp³-hybridized carbons (Fsp3) is 0.500. The lowest BCUT2D eigenvalue weighted by Crippen LogP contribution is -2.42. The highest BCUT2D eigenvalue weighted by atomic mass is 19.1. The van der Waals surface area contributed by atoms with Gasteiger partial charge in [-0.3, -0.25) is 4.79 Å². The smallest absolute Gasteiger partial charge is 0.254 e. The first-order valence-electron chi connectivity index (χ1n) is 6.56. The molecule has 1 aliphatic heterocycles.